The highest BCUT2D eigenvalue weighted by Crippen LogP contribution is 1.91. The summed E-state index contributed by atoms with van der Waals surface area (Å²) in [7, 11) is 3.16. The lowest BCUT2D eigenvalue weighted by Crippen LogP contribution is -2.56. The van der Waals surface area contributed by atoms with Crippen LogP contribution in [0.2, 0.25) is 0 Å². The number of hydrogen-bond acceptors (Lipinski definition) is 4. The standard InChI is InChI=1S/C7H13N5O2/c1-8-4-3-10-6(11-5(4)13)12-7(14)9-2/h4,8H,3H2,1-2H3,(H3,9,10,11,12,13,14). The van der Waals surface area contributed by atoms with Crippen molar-refractivity contribution in [2.24, 2.45) is 4.99 Å². The molecule has 0 aromatic heterocycles. The SMILES string of the molecule is CNC(=O)NC1=NCC(NC)C(=O)N1. The van der Waals surface area contributed by atoms with E-state index in [9.17, 15) is 9.59 Å². The number of nitrogens with zero attached hydrogens (tertiary/aromatic N) is 1. The molecule has 0 saturated carbocycles. The van der Waals surface area contributed by atoms with Crippen LogP contribution in [0.5, 0.6) is 0 Å². The third-order valence-corrected chi connectivity index (χ3v) is 1.80. The quantitative estimate of drug-likeness (QED) is 0.393. The number of likely N-dealkylation sites (N-methyl/N-ethyl adjacent to an activating group) is 1. The lowest BCUT2D eigenvalue weighted by Gasteiger charge is -2.20. The minimum atomic E-state index is -0.410. The summed E-state index contributed by atoms with van der Waals surface area (Å²) in [5.74, 6) is -0.0187. The Balaban J connectivity index is 2.54. The molecule has 0 saturated heterocycles. The first-order chi connectivity index (χ1) is 6.67. The van der Waals surface area contributed by atoms with E-state index in [0.29, 0.717) is 6.54 Å². The summed E-state index contributed by atoms with van der Waals surface area (Å²) >= 11 is 0. The molecule has 0 aromatic rings. The van der Waals surface area contributed by atoms with E-state index in [1.165, 1.54) is 7.05 Å². The highest BCUT2D eigenvalue weighted by Gasteiger charge is 2.22. The topological polar surface area (TPSA) is 94.6 Å². The smallest absolute Gasteiger partial charge is 0.321 e. The van der Waals surface area contributed by atoms with Gasteiger partial charge in [0.15, 0.2) is 0 Å². The lowest BCUT2D eigenvalue weighted by atomic mass is 10.2. The average molecular weight is 199 g/mol. The molecule has 1 aliphatic rings. The van der Waals surface area contributed by atoms with E-state index in [1.54, 1.807) is 7.05 Å². The molecule has 0 fully saturated rings. The third kappa shape index (κ3) is 2.43. The number of carbonyl (C=O) groups excluding carboxylic acids is 2. The van der Waals surface area contributed by atoms with Crippen LogP contribution in [-0.4, -0.2) is 44.6 Å². The molecule has 0 bridgehead atoms. The van der Waals surface area contributed by atoms with Crippen LogP contribution in [0.25, 0.3) is 0 Å². The second-order valence-electron chi connectivity index (χ2n) is 2.72. The highest BCUT2D eigenvalue weighted by atomic mass is 16.2. The van der Waals surface area contributed by atoms with Crippen LogP contribution in [0.3, 0.4) is 0 Å². The van der Waals surface area contributed by atoms with E-state index >= 15 is 0 Å². The Kier molecular flexibility index (Phi) is 3.41. The van der Waals surface area contributed by atoms with E-state index in [-0.39, 0.29) is 17.9 Å². The summed E-state index contributed by atoms with van der Waals surface area (Å²) in [6.45, 7) is 0.321. The van der Waals surface area contributed by atoms with Crippen molar-refractivity contribution >= 4 is 17.9 Å². The van der Waals surface area contributed by atoms with E-state index in [1.807, 2.05) is 0 Å². The zero-order valence-corrected chi connectivity index (χ0v) is 8.05. The lowest BCUT2D eigenvalue weighted by molar-refractivity contribution is -0.121. The van der Waals surface area contributed by atoms with Gasteiger partial charge in [-0.1, -0.05) is 0 Å². The number of hydrogen-bond donors (Lipinski definition) is 4. The summed E-state index contributed by atoms with van der Waals surface area (Å²) < 4.78 is 0. The second-order valence-corrected chi connectivity index (χ2v) is 2.72. The fraction of sp³-hybridized carbons (Fsp3) is 0.571. The van der Waals surface area contributed by atoms with Crippen molar-refractivity contribution in [1.82, 2.24) is 21.3 Å². The highest BCUT2D eigenvalue weighted by molar-refractivity contribution is 6.06. The summed E-state index contributed by atoms with van der Waals surface area (Å²) in [4.78, 5) is 26.1. The maximum absolute atomic E-state index is 11.3. The van der Waals surface area contributed by atoms with Crippen molar-refractivity contribution in [2.75, 3.05) is 20.6 Å². The first-order valence-corrected chi connectivity index (χ1v) is 4.18. The van der Waals surface area contributed by atoms with Crippen LogP contribution in [-0.2, 0) is 4.79 Å². The maximum Gasteiger partial charge on any atom is 0.321 e. The molecule has 1 rings (SSSR count). The van der Waals surface area contributed by atoms with Gasteiger partial charge in [0.25, 0.3) is 0 Å². The van der Waals surface area contributed by atoms with Crippen molar-refractivity contribution < 1.29 is 9.59 Å². The predicted octanol–water partition coefficient (Wildman–Crippen LogP) is -2.01. The number of urea groups is 1. The number of guanidine groups is 1. The number of carbonyl (C=O) groups is 2. The molecule has 7 nitrogen and oxygen atoms in total. The van der Waals surface area contributed by atoms with Gasteiger partial charge < -0.3 is 10.6 Å². The van der Waals surface area contributed by atoms with Crippen LogP contribution < -0.4 is 21.3 Å². The fourth-order valence-corrected chi connectivity index (χ4v) is 0.972. The number of amides is 3. The minimum Gasteiger partial charge on any atom is -0.341 e. The van der Waals surface area contributed by atoms with Gasteiger partial charge in [-0.3, -0.25) is 20.4 Å². The molecule has 14 heavy (non-hydrogen) atoms. The Hall–Kier alpha value is -1.63. The molecule has 7 heteroatoms. The van der Waals surface area contributed by atoms with Crippen molar-refractivity contribution in [3.63, 3.8) is 0 Å². The first-order valence-electron chi connectivity index (χ1n) is 4.18. The third-order valence-electron chi connectivity index (χ3n) is 1.80. The summed E-state index contributed by atoms with van der Waals surface area (Å²) in [5, 5.41) is 9.99. The van der Waals surface area contributed by atoms with Gasteiger partial charge >= 0.3 is 6.03 Å². The Morgan fingerprint density at radius 2 is 2.29 bits per heavy atom. The van der Waals surface area contributed by atoms with Crippen molar-refractivity contribution in [3.05, 3.63) is 0 Å². The zero-order chi connectivity index (χ0) is 10.6. The van der Waals surface area contributed by atoms with E-state index in [0.717, 1.165) is 0 Å². The fourth-order valence-electron chi connectivity index (χ4n) is 0.972. The molecule has 78 valence electrons. The van der Waals surface area contributed by atoms with Crippen molar-refractivity contribution in [1.29, 1.82) is 0 Å². The maximum atomic E-state index is 11.3. The molecule has 1 unspecified atom stereocenters. The second kappa shape index (κ2) is 4.56. The Morgan fingerprint density at radius 3 is 2.79 bits per heavy atom. The molecule has 0 aromatic carbocycles. The predicted molar refractivity (Wildman–Crippen MR) is 50.9 cm³/mol. The summed E-state index contributed by atoms with van der Waals surface area (Å²) in [6.07, 6.45) is 0. The van der Waals surface area contributed by atoms with Gasteiger partial charge in [-0.05, 0) is 7.05 Å². The molecule has 1 aliphatic heterocycles. The van der Waals surface area contributed by atoms with Crippen LogP contribution in [0.15, 0.2) is 4.99 Å². The molecular weight excluding hydrogens is 186 g/mol. The Morgan fingerprint density at radius 1 is 1.57 bits per heavy atom. The van der Waals surface area contributed by atoms with Gasteiger partial charge in [-0.2, -0.15) is 0 Å². The molecule has 0 spiro atoms. The van der Waals surface area contributed by atoms with Gasteiger partial charge in [0.1, 0.15) is 6.04 Å². The molecule has 1 heterocycles. The number of nitrogens with one attached hydrogen (secondary N) is 4. The molecule has 4 N–H and O–H groups in total. The van der Waals surface area contributed by atoms with Crippen LogP contribution in [0, 0.1) is 0 Å². The molecular formula is C7H13N5O2. The van der Waals surface area contributed by atoms with Crippen molar-refractivity contribution in [3.8, 4) is 0 Å². The van der Waals surface area contributed by atoms with Gasteiger partial charge in [-0.15, -0.1) is 0 Å². The van der Waals surface area contributed by atoms with Gasteiger partial charge in [0, 0.05) is 7.05 Å². The molecule has 0 aliphatic carbocycles. The van der Waals surface area contributed by atoms with E-state index in [2.05, 4.69) is 26.3 Å². The molecule has 0 radical (unpaired) electrons. The van der Waals surface area contributed by atoms with E-state index in [4.69, 9.17) is 0 Å². The Labute approximate surface area is 81.3 Å². The minimum absolute atomic E-state index is 0.181. The van der Waals surface area contributed by atoms with Crippen molar-refractivity contribution in [2.45, 2.75) is 6.04 Å². The monoisotopic (exact) mass is 199 g/mol. The van der Waals surface area contributed by atoms with Gasteiger partial charge in [0.05, 0.1) is 6.54 Å². The normalized spacial score (nSPS) is 20.9. The molecule has 1 atom stereocenters. The zero-order valence-electron chi connectivity index (χ0n) is 8.05. The summed E-state index contributed by atoms with van der Waals surface area (Å²) in [5.41, 5.74) is 0. The van der Waals surface area contributed by atoms with Gasteiger partial charge in [-0.25, -0.2) is 4.79 Å². The largest absolute Gasteiger partial charge is 0.341 e. The van der Waals surface area contributed by atoms with Crippen LogP contribution >= 0.6 is 0 Å². The van der Waals surface area contributed by atoms with E-state index < -0.39 is 6.03 Å². The van der Waals surface area contributed by atoms with Gasteiger partial charge in [0.2, 0.25) is 11.9 Å². The number of rotatable bonds is 1. The van der Waals surface area contributed by atoms with Crippen LogP contribution in [0.1, 0.15) is 0 Å². The van der Waals surface area contributed by atoms with Crippen LogP contribution in [0.4, 0.5) is 4.79 Å². The average Bonchev–Trinajstić information content (AvgIpc) is 2.18. The summed E-state index contributed by atoms with van der Waals surface area (Å²) in [6, 6.07) is -0.739. The number of aliphatic imine (C=N–C) groups is 1. The molecule has 3 amide bonds. The first kappa shape index (κ1) is 10.5. The Bertz CT molecular complexity index is 275.